The average Bonchev–Trinajstić information content (AvgIpc) is 2.66. The molecule has 2 heterocycles. The van der Waals surface area contributed by atoms with E-state index in [-0.39, 0.29) is 18.7 Å². The fraction of sp³-hybridized carbons (Fsp3) is 1.00. The summed E-state index contributed by atoms with van der Waals surface area (Å²) in [4.78, 5) is 0. The van der Waals surface area contributed by atoms with Crippen LogP contribution in [0, 0.1) is 0 Å². The summed E-state index contributed by atoms with van der Waals surface area (Å²) in [5, 5.41) is 0. The second-order valence-corrected chi connectivity index (χ2v) is 4.76. The molecule has 5 heteroatoms. The van der Waals surface area contributed by atoms with Gasteiger partial charge in [0.2, 0.25) is 0 Å². The fourth-order valence-corrected chi connectivity index (χ4v) is 2.38. The van der Waals surface area contributed by atoms with Gasteiger partial charge in [0.05, 0.1) is 18.8 Å². The van der Waals surface area contributed by atoms with E-state index >= 15 is 0 Å². The molecule has 16 heavy (non-hydrogen) atoms. The van der Waals surface area contributed by atoms with Crippen molar-refractivity contribution in [3.63, 3.8) is 0 Å². The summed E-state index contributed by atoms with van der Waals surface area (Å²) in [6, 6.07) is 0. The van der Waals surface area contributed by atoms with Gasteiger partial charge in [0.15, 0.2) is 12.6 Å². The molecule has 2 fully saturated rings. The Morgan fingerprint density at radius 1 is 1.12 bits per heavy atom. The zero-order valence-corrected chi connectivity index (χ0v) is 10.5. The van der Waals surface area contributed by atoms with Crippen LogP contribution in [0.3, 0.4) is 0 Å². The first-order chi connectivity index (χ1) is 7.78. The van der Waals surface area contributed by atoms with Crippen molar-refractivity contribution < 1.29 is 18.4 Å². The van der Waals surface area contributed by atoms with Gasteiger partial charge in [-0.1, -0.05) is 0 Å². The van der Waals surface area contributed by atoms with E-state index in [1.54, 1.807) is 0 Å². The van der Waals surface area contributed by atoms with Crippen LogP contribution in [0.1, 0.15) is 39.0 Å². The molecule has 4 atom stereocenters. The van der Waals surface area contributed by atoms with E-state index in [0.29, 0.717) is 12.7 Å². The first kappa shape index (κ1) is 12.6. The summed E-state index contributed by atoms with van der Waals surface area (Å²) in [6.07, 6.45) is 5.33. The van der Waals surface area contributed by atoms with Gasteiger partial charge in [-0.3, -0.25) is 0 Å². The molecule has 2 aliphatic rings. The molecule has 0 radical (unpaired) electrons. The molecule has 0 bridgehead atoms. The Balaban J connectivity index is 1.70. The topological polar surface area (TPSA) is 36.9 Å². The average molecular weight is 248 g/mol. The lowest BCUT2D eigenvalue weighted by Crippen LogP contribution is -2.31. The molecular formula is C11H20O4S. The zero-order valence-electron chi connectivity index (χ0n) is 9.63. The molecule has 0 aliphatic carbocycles. The van der Waals surface area contributed by atoms with Crippen LogP contribution in [0.25, 0.3) is 0 Å². The smallest absolute Gasteiger partial charge is 0.161 e. The summed E-state index contributed by atoms with van der Waals surface area (Å²) < 4.78 is 21.9. The van der Waals surface area contributed by atoms with Gasteiger partial charge in [0.25, 0.3) is 0 Å². The van der Waals surface area contributed by atoms with Crippen molar-refractivity contribution in [1.82, 2.24) is 0 Å². The summed E-state index contributed by atoms with van der Waals surface area (Å²) in [7, 11) is 0. The third kappa shape index (κ3) is 3.60. The Kier molecular flexibility index (Phi) is 4.91. The largest absolute Gasteiger partial charge is 0.350 e. The summed E-state index contributed by atoms with van der Waals surface area (Å²) in [6.45, 7) is 2.60. The maximum absolute atomic E-state index is 5.77. The number of ether oxygens (including phenoxy) is 3. The molecule has 0 spiro atoms. The normalized spacial score (nSPS) is 40.1. The molecule has 4 unspecified atom stereocenters. The first-order valence-electron chi connectivity index (χ1n) is 6.00. The number of hydrogen-bond donors (Lipinski definition) is 1. The van der Waals surface area contributed by atoms with Crippen LogP contribution in [0.2, 0.25) is 0 Å². The minimum absolute atomic E-state index is 0.0931. The van der Waals surface area contributed by atoms with Crippen molar-refractivity contribution in [3.8, 4) is 0 Å². The van der Waals surface area contributed by atoms with Gasteiger partial charge in [-0.15, -0.1) is 0 Å². The first-order valence-corrected chi connectivity index (χ1v) is 6.37. The van der Waals surface area contributed by atoms with Crippen molar-refractivity contribution in [3.05, 3.63) is 0 Å². The Hall–Kier alpha value is 0.190. The van der Waals surface area contributed by atoms with Gasteiger partial charge in [-0.25, -0.2) is 0 Å². The third-order valence-corrected chi connectivity index (χ3v) is 3.22. The van der Waals surface area contributed by atoms with Crippen LogP contribution >= 0.6 is 12.9 Å². The van der Waals surface area contributed by atoms with Gasteiger partial charge in [-0.05, 0) is 45.5 Å². The van der Waals surface area contributed by atoms with E-state index in [4.69, 9.17) is 18.4 Å². The Bertz CT molecular complexity index is 214. The van der Waals surface area contributed by atoms with Crippen LogP contribution in [0.5, 0.6) is 0 Å². The number of rotatable bonds is 4. The van der Waals surface area contributed by atoms with Crippen LogP contribution in [-0.2, 0) is 18.4 Å². The van der Waals surface area contributed by atoms with Crippen molar-refractivity contribution in [2.75, 3.05) is 6.61 Å². The second kappa shape index (κ2) is 6.21. The van der Waals surface area contributed by atoms with Crippen LogP contribution in [-0.4, -0.2) is 31.4 Å². The van der Waals surface area contributed by atoms with Crippen LogP contribution < -0.4 is 0 Å². The highest BCUT2D eigenvalue weighted by Gasteiger charge is 2.30. The Morgan fingerprint density at radius 2 is 1.94 bits per heavy atom. The van der Waals surface area contributed by atoms with E-state index in [1.165, 1.54) is 6.42 Å². The maximum atomic E-state index is 5.77. The second-order valence-electron chi connectivity index (χ2n) is 4.50. The van der Waals surface area contributed by atoms with Crippen molar-refractivity contribution in [1.29, 1.82) is 0 Å². The highest BCUT2D eigenvalue weighted by Crippen LogP contribution is 2.26. The molecule has 2 aliphatic heterocycles. The Morgan fingerprint density at radius 3 is 2.69 bits per heavy atom. The molecule has 0 aromatic carbocycles. The van der Waals surface area contributed by atoms with Crippen molar-refractivity contribution >= 4 is 12.9 Å². The molecule has 4 nitrogen and oxygen atoms in total. The van der Waals surface area contributed by atoms with Gasteiger partial charge >= 0.3 is 0 Å². The highest BCUT2D eigenvalue weighted by atomic mass is 32.1. The van der Waals surface area contributed by atoms with Gasteiger partial charge in [0, 0.05) is 6.42 Å². The SMILES string of the molecule is CC1CCCC(OC2CCC(COS)O2)O1. The highest BCUT2D eigenvalue weighted by molar-refractivity contribution is 7.75. The Labute approximate surface area is 102 Å². The van der Waals surface area contributed by atoms with Gasteiger partial charge in [-0.2, -0.15) is 0 Å². The predicted octanol–water partition coefficient (Wildman–Crippen LogP) is 2.28. The lowest BCUT2D eigenvalue weighted by molar-refractivity contribution is -0.263. The molecule has 0 amide bonds. The molecule has 0 N–H and O–H groups in total. The molecule has 0 aromatic heterocycles. The number of thiol groups is 1. The monoisotopic (exact) mass is 248 g/mol. The van der Waals surface area contributed by atoms with Crippen LogP contribution in [0.15, 0.2) is 0 Å². The maximum Gasteiger partial charge on any atom is 0.161 e. The minimum Gasteiger partial charge on any atom is -0.350 e. The van der Waals surface area contributed by atoms with E-state index in [9.17, 15) is 0 Å². The van der Waals surface area contributed by atoms with E-state index in [2.05, 4.69) is 19.8 Å². The summed E-state index contributed by atoms with van der Waals surface area (Å²) in [5.74, 6) is 0. The van der Waals surface area contributed by atoms with Gasteiger partial charge < -0.3 is 18.4 Å². The van der Waals surface area contributed by atoms with Crippen molar-refractivity contribution in [2.24, 2.45) is 0 Å². The van der Waals surface area contributed by atoms with E-state index in [0.717, 1.165) is 25.7 Å². The zero-order chi connectivity index (χ0) is 11.4. The molecule has 94 valence electrons. The lowest BCUT2D eigenvalue weighted by atomic mass is 10.1. The van der Waals surface area contributed by atoms with Crippen molar-refractivity contribution in [2.45, 2.75) is 63.8 Å². The molecule has 2 rings (SSSR count). The fourth-order valence-electron chi connectivity index (χ4n) is 2.22. The molecule has 0 aromatic rings. The standard InChI is InChI=1S/C11H20O4S/c1-8-3-2-4-10(13-8)15-11-6-5-9(14-11)7-12-16/h8-11,16H,2-7H2,1H3. The molecular weight excluding hydrogens is 228 g/mol. The van der Waals surface area contributed by atoms with E-state index in [1.807, 2.05) is 0 Å². The molecule has 0 saturated carbocycles. The summed E-state index contributed by atoms with van der Waals surface area (Å²) in [5.41, 5.74) is 0. The predicted molar refractivity (Wildman–Crippen MR) is 62.1 cm³/mol. The summed E-state index contributed by atoms with van der Waals surface area (Å²) >= 11 is 3.72. The lowest BCUT2D eigenvalue weighted by Gasteiger charge is -2.29. The number of hydrogen-bond acceptors (Lipinski definition) is 5. The third-order valence-electron chi connectivity index (χ3n) is 3.07. The van der Waals surface area contributed by atoms with Gasteiger partial charge in [0.1, 0.15) is 0 Å². The minimum atomic E-state index is -0.135. The quantitative estimate of drug-likeness (QED) is 0.612. The van der Waals surface area contributed by atoms with Crippen LogP contribution in [0.4, 0.5) is 0 Å². The van der Waals surface area contributed by atoms with E-state index < -0.39 is 0 Å². The molecule has 2 saturated heterocycles.